The number of para-hydroxylation sites is 1. The van der Waals surface area contributed by atoms with Gasteiger partial charge in [0.15, 0.2) is 0 Å². The van der Waals surface area contributed by atoms with Crippen LogP contribution in [-0.4, -0.2) is 17.0 Å². The fourth-order valence-electron chi connectivity index (χ4n) is 3.77. The summed E-state index contributed by atoms with van der Waals surface area (Å²) in [7, 11) is 2.10. The molecule has 1 aromatic heterocycles. The third-order valence-corrected chi connectivity index (χ3v) is 5.56. The highest BCUT2D eigenvalue weighted by Crippen LogP contribution is 2.50. The Morgan fingerprint density at radius 1 is 1.12 bits per heavy atom. The van der Waals surface area contributed by atoms with Crippen molar-refractivity contribution in [3.8, 4) is 0 Å². The van der Waals surface area contributed by atoms with Crippen molar-refractivity contribution in [2.45, 2.75) is 31.6 Å². The Balaban J connectivity index is 1.49. The summed E-state index contributed by atoms with van der Waals surface area (Å²) in [5.41, 5.74) is 5.03. The Kier molecular flexibility index (Phi) is 3.87. The molecule has 0 spiro atoms. The average molecular weight is 332 g/mol. The van der Waals surface area contributed by atoms with Gasteiger partial charge >= 0.3 is 0 Å². The summed E-state index contributed by atoms with van der Waals surface area (Å²) in [6.45, 7) is 2.78. The van der Waals surface area contributed by atoms with E-state index in [1.54, 1.807) is 0 Å². The van der Waals surface area contributed by atoms with Gasteiger partial charge in [0, 0.05) is 36.1 Å². The number of nitrogens with one attached hydrogen (secondary N) is 1. The summed E-state index contributed by atoms with van der Waals surface area (Å²) in [4.78, 5) is 12.4. The first-order valence-corrected chi connectivity index (χ1v) is 8.95. The van der Waals surface area contributed by atoms with Crippen LogP contribution in [0.4, 0.5) is 0 Å². The van der Waals surface area contributed by atoms with Gasteiger partial charge in [-0.25, -0.2) is 0 Å². The number of rotatable bonds is 5. The highest BCUT2D eigenvalue weighted by Gasteiger charge is 2.46. The number of hydrogen-bond donors (Lipinski definition) is 1. The molecule has 4 rings (SSSR count). The van der Waals surface area contributed by atoms with Crippen LogP contribution in [0.15, 0.2) is 54.7 Å². The van der Waals surface area contributed by atoms with Gasteiger partial charge in [-0.1, -0.05) is 42.5 Å². The maximum absolute atomic E-state index is 12.4. The van der Waals surface area contributed by atoms with Crippen LogP contribution < -0.4 is 5.32 Å². The molecule has 1 fully saturated rings. The molecule has 1 heterocycles. The van der Waals surface area contributed by atoms with Crippen molar-refractivity contribution < 1.29 is 4.79 Å². The Hall–Kier alpha value is -2.55. The molecule has 1 N–H and O–H groups in total. The molecule has 25 heavy (non-hydrogen) atoms. The fourth-order valence-corrected chi connectivity index (χ4v) is 3.77. The minimum Gasteiger partial charge on any atom is -0.355 e. The zero-order valence-corrected chi connectivity index (χ0v) is 14.9. The molecule has 3 aromatic rings. The number of fused-ring (bicyclic) bond motifs is 1. The van der Waals surface area contributed by atoms with Crippen molar-refractivity contribution in [3.63, 3.8) is 0 Å². The molecule has 0 unspecified atom stereocenters. The van der Waals surface area contributed by atoms with Crippen LogP contribution in [0.3, 0.4) is 0 Å². The third-order valence-electron chi connectivity index (χ3n) is 5.56. The monoisotopic (exact) mass is 332 g/mol. The van der Waals surface area contributed by atoms with Crippen molar-refractivity contribution in [2.75, 3.05) is 6.54 Å². The van der Waals surface area contributed by atoms with E-state index in [0.29, 0.717) is 6.42 Å². The SMILES string of the molecule is Cc1ccccc1CC(=O)NCC1(c2cn(C)c3ccccc23)CC1. The minimum absolute atomic E-state index is 0.112. The van der Waals surface area contributed by atoms with Crippen LogP contribution in [0.25, 0.3) is 10.9 Å². The van der Waals surface area contributed by atoms with Crippen LogP contribution in [0, 0.1) is 6.92 Å². The second-order valence-corrected chi connectivity index (χ2v) is 7.33. The predicted molar refractivity (Wildman–Crippen MR) is 102 cm³/mol. The highest BCUT2D eigenvalue weighted by molar-refractivity contribution is 5.86. The molecule has 0 aliphatic heterocycles. The lowest BCUT2D eigenvalue weighted by Crippen LogP contribution is -2.33. The molecule has 3 heteroatoms. The van der Waals surface area contributed by atoms with Crippen LogP contribution in [-0.2, 0) is 23.7 Å². The van der Waals surface area contributed by atoms with Crippen LogP contribution in [0.1, 0.15) is 29.5 Å². The summed E-state index contributed by atoms with van der Waals surface area (Å²) >= 11 is 0. The van der Waals surface area contributed by atoms with E-state index in [1.165, 1.54) is 22.0 Å². The average Bonchev–Trinajstić information content (AvgIpc) is 3.33. The molecule has 0 radical (unpaired) electrons. The first kappa shape index (κ1) is 15.9. The lowest BCUT2D eigenvalue weighted by Gasteiger charge is -2.16. The van der Waals surface area contributed by atoms with E-state index in [2.05, 4.69) is 60.4 Å². The predicted octanol–water partition coefficient (Wildman–Crippen LogP) is 3.88. The van der Waals surface area contributed by atoms with Crippen molar-refractivity contribution in [1.29, 1.82) is 0 Å². The van der Waals surface area contributed by atoms with Crippen LogP contribution >= 0.6 is 0 Å². The first-order chi connectivity index (χ1) is 12.1. The number of benzene rings is 2. The van der Waals surface area contributed by atoms with Gasteiger partial charge in [0.1, 0.15) is 0 Å². The van der Waals surface area contributed by atoms with Gasteiger partial charge in [0.2, 0.25) is 5.91 Å². The molecule has 1 aliphatic carbocycles. The zero-order chi connectivity index (χ0) is 17.4. The molecule has 1 saturated carbocycles. The van der Waals surface area contributed by atoms with Gasteiger partial charge in [0.25, 0.3) is 0 Å². The smallest absolute Gasteiger partial charge is 0.224 e. The molecule has 1 aliphatic rings. The van der Waals surface area contributed by atoms with E-state index in [9.17, 15) is 4.79 Å². The number of carbonyl (C=O) groups is 1. The van der Waals surface area contributed by atoms with Gasteiger partial charge in [-0.2, -0.15) is 0 Å². The molecule has 128 valence electrons. The van der Waals surface area contributed by atoms with E-state index >= 15 is 0 Å². The number of amides is 1. The van der Waals surface area contributed by atoms with E-state index in [0.717, 1.165) is 24.9 Å². The van der Waals surface area contributed by atoms with E-state index in [1.807, 2.05) is 18.2 Å². The summed E-state index contributed by atoms with van der Waals surface area (Å²) in [5.74, 6) is 0.112. The third kappa shape index (κ3) is 2.95. The normalized spacial score (nSPS) is 15.3. The zero-order valence-electron chi connectivity index (χ0n) is 14.9. The van der Waals surface area contributed by atoms with Gasteiger partial charge in [-0.05, 0) is 42.5 Å². The molecule has 0 bridgehead atoms. The molecule has 1 amide bonds. The van der Waals surface area contributed by atoms with Crippen molar-refractivity contribution in [1.82, 2.24) is 9.88 Å². The summed E-state index contributed by atoms with van der Waals surface area (Å²) in [5, 5.41) is 4.50. The van der Waals surface area contributed by atoms with E-state index in [-0.39, 0.29) is 11.3 Å². The fraction of sp³-hybridized carbons (Fsp3) is 0.318. The lowest BCUT2D eigenvalue weighted by atomic mass is 9.95. The number of carbonyl (C=O) groups excluding carboxylic acids is 1. The lowest BCUT2D eigenvalue weighted by molar-refractivity contribution is -0.120. The Bertz CT molecular complexity index is 934. The number of hydrogen-bond acceptors (Lipinski definition) is 1. The second-order valence-electron chi connectivity index (χ2n) is 7.33. The van der Waals surface area contributed by atoms with Gasteiger partial charge in [0.05, 0.1) is 6.42 Å². The molecular weight excluding hydrogens is 308 g/mol. The first-order valence-electron chi connectivity index (χ1n) is 8.95. The minimum atomic E-state index is 0.112. The number of aromatic nitrogens is 1. The molecule has 2 aromatic carbocycles. The quantitative estimate of drug-likeness (QED) is 0.756. The van der Waals surface area contributed by atoms with E-state index in [4.69, 9.17) is 0 Å². The number of aryl methyl sites for hydroxylation is 2. The summed E-state index contributed by atoms with van der Waals surface area (Å²) in [6, 6.07) is 16.6. The maximum atomic E-state index is 12.4. The molecule has 3 nitrogen and oxygen atoms in total. The van der Waals surface area contributed by atoms with Crippen molar-refractivity contribution >= 4 is 16.8 Å². The summed E-state index contributed by atoms with van der Waals surface area (Å²) in [6.07, 6.45) is 4.99. The van der Waals surface area contributed by atoms with Gasteiger partial charge in [-0.15, -0.1) is 0 Å². The topological polar surface area (TPSA) is 34.0 Å². The second kappa shape index (κ2) is 6.07. The van der Waals surface area contributed by atoms with Crippen LogP contribution in [0.2, 0.25) is 0 Å². The Morgan fingerprint density at radius 3 is 2.60 bits per heavy atom. The standard InChI is InChI=1S/C22H24N2O/c1-16-7-3-4-8-17(16)13-21(25)23-15-22(11-12-22)19-14-24(2)20-10-6-5-9-18(19)20/h3-10,14H,11-13,15H2,1-2H3,(H,23,25). The van der Waals surface area contributed by atoms with Crippen molar-refractivity contribution in [2.24, 2.45) is 7.05 Å². The number of nitrogens with zero attached hydrogens (tertiary/aromatic N) is 1. The van der Waals surface area contributed by atoms with Crippen molar-refractivity contribution in [3.05, 3.63) is 71.4 Å². The Morgan fingerprint density at radius 2 is 1.84 bits per heavy atom. The van der Waals surface area contributed by atoms with E-state index < -0.39 is 0 Å². The molecule has 0 saturated heterocycles. The van der Waals surface area contributed by atoms with Gasteiger partial charge < -0.3 is 9.88 Å². The molecule has 0 atom stereocenters. The largest absolute Gasteiger partial charge is 0.355 e. The van der Waals surface area contributed by atoms with Gasteiger partial charge in [-0.3, -0.25) is 4.79 Å². The Labute approximate surface area is 148 Å². The highest BCUT2D eigenvalue weighted by atomic mass is 16.1. The summed E-state index contributed by atoms with van der Waals surface area (Å²) < 4.78 is 2.19. The van der Waals surface area contributed by atoms with Crippen LogP contribution in [0.5, 0.6) is 0 Å². The maximum Gasteiger partial charge on any atom is 0.224 e. The molecular formula is C22H24N2O.